The fraction of sp³-hybridized carbons (Fsp3) is 0.160. The molecule has 0 radical (unpaired) electrons. The molecule has 0 amide bonds. The summed E-state index contributed by atoms with van der Waals surface area (Å²) in [6, 6.07) is 118. The third-order valence-electron chi connectivity index (χ3n) is 22.5. The van der Waals surface area contributed by atoms with E-state index in [4.69, 9.17) is 0 Å². The predicted octanol–water partition coefficient (Wildman–Crippen LogP) is 25.5. The van der Waals surface area contributed by atoms with Crippen LogP contribution in [0, 0.1) is 0 Å². The van der Waals surface area contributed by atoms with Gasteiger partial charge in [-0.2, -0.15) is 0 Å². The van der Waals surface area contributed by atoms with Crippen LogP contribution in [0.2, 0.25) is 0 Å². The van der Waals surface area contributed by atoms with Crippen molar-refractivity contribution in [1.82, 2.24) is 9.13 Å². The van der Waals surface area contributed by atoms with Gasteiger partial charge in [0.15, 0.2) is 0 Å². The molecule has 0 fully saturated rings. The van der Waals surface area contributed by atoms with Crippen LogP contribution in [0.15, 0.2) is 309 Å². The van der Waals surface area contributed by atoms with Crippen molar-refractivity contribution in [2.75, 3.05) is 9.80 Å². The number of nitrogens with zero attached hydrogens (tertiary/aromatic N) is 4. The molecule has 2 aliphatic heterocycles. The highest BCUT2D eigenvalue weighted by Crippen LogP contribution is 2.55. The van der Waals surface area contributed by atoms with Gasteiger partial charge >= 0.3 is 0 Å². The van der Waals surface area contributed by atoms with E-state index in [1.165, 1.54) is 82.3 Å². The summed E-state index contributed by atoms with van der Waals surface area (Å²) in [5.74, 6) is 0. The highest BCUT2D eigenvalue weighted by Gasteiger charge is 2.46. The van der Waals surface area contributed by atoms with Crippen LogP contribution >= 0.6 is 0 Å². The van der Waals surface area contributed by atoms with E-state index in [1.807, 2.05) is 0 Å². The second-order valence-electron chi connectivity index (χ2n) is 33.4. The summed E-state index contributed by atoms with van der Waals surface area (Å²) >= 11 is 0. The SMILES string of the molecule is CC(C)(C)c1ccc2c3ccc(C(C)(C)C)cc3n(-c3ccc4c(c3)N(c3c(-c5ccccc5)cccc3-c3ccccc3)c3cc(-c5ccccc5)cc5c3B4c3ccc(-n4c6cc(C(C)(C)C)ccc6c6ccc(C(C)(C)C)cc64)cc3N5c3c(-c4ccccc4)cccc3-c3ccccc3)c2c1. The average Bonchev–Trinajstić information content (AvgIpc) is 0.860. The van der Waals surface area contributed by atoms with Crippen molar-refractivity contribution in [3.8, 4) is 67.0 Å². The molecule has 2 aromatic heterocycles. The topological polar surface area (TPSA) is 16.3 Å². The Kier molecular flexibility index (Phi) is 15.3. The number of hydrogen-bond donors (Lipinski definition) is 0. The summed E-state index contributed by atoms with van der Waals surface area (Å²) in [5.41, 5.74) is 33.6. The van der Waals surface area contributed by atoms with Gasteiger partial charge in [0.05, 0.1) is 33.4 Å². The van der Waals surface area contributed by atoms with E-state index in [-0.39, 0.29) is 28.4 Å². The Morgan fingerprint density at radius 1 is 0.229 bits per heavy atom. The quantitative estimate of drug-likeness (QED) is 0.134. The Bertz CT molecular complexity index is 5500. The van der Waals surface area contributed by atoms with Gasteiger partial charge in [-0.25, -0.2) is 0 Å². The first-order valence-corrected chi connectivity index (χ1v) is 37.4. The average molecular weight is 1360 g/mol. The molecule has 18 rings (SSSR count). The van der Waals surface area contributed by atoms with Crippen molar-refractivity contribution < 1.29 is 0 Å². The molecular formula is C100H87BN4. The van der Waals surface area contributed by atoms with Gasteiger partial charge in [0, 0.05) is 77.9 Å². The zero-order valence-electron chi connectivity index (χ0n) is 62.3. The zero-order valence-corrected chi connectivity index (χ0v) is 62.3. The van der Waals surface area contributed by atoms with Crippen LogP contribution < -0.4 is 26.2 Å². The van der Waals surface area contributed by atoms with Gasteiger partial charge in [0.2, 0.25) is 0 Å². The molecule has 0 bridgehead atoms. The van der Waals surface area contributed by atoms with E-state index in [0.717, 1.165) is 101 Å². The minimum absolute atomic E-state index is 0.0938. The lowest BCUT2D eigenvalue weighted by Crippen LogP contribution is -2.61. The number of aromatic nitrogens is 2. The maximum absolute atomic E-state index is 2.71. The Hall–Kier alpha value is -11.7. The molecule has 0 spiro atoms. The third-order valence-corrected chi connectivity index (χ3v) is 22.5. The minimum Gasteiger partial charge on any atom is -0.310 e. The molecular weight excluding hydrogens is 1270 g/mol. The monoisotopic (exact) mass is 1350 g/mol. The molecule has 5 heteroatoms. The molecule has 510 valence electrons. The first kappa shape index (κ1) is 65.4. The van der Waals surface area contributed by atoms with E-state index < -0.39 is 0 Å². The van der Waals surface area contributed by atoms with Crippen LogP contribution in [-0.2, 0) is 21.7 Å². The molecule has 0 unspecified atom stereocenters. The Balaban J connectivity index is 1.03. The van der Waals surface area contributed by atoms with Crippen LogP contribution in [0.5, 0.6) is 0 Å². The molecule has 2 aliphatic rings. The smallest absolute Gasteiger partial charge is 0.252 e. The minimum atomic E-state index is -0.259. The molecule has 4 heterocycles. The standard InChI is InChI=1S/C100H87BN4/c1-97(2,3)70-44-50-80-81-51-45-71(98(4,5)6)59-87(81)102(86(80)58-70)74-48-54-84-90(62-74)104(95-76(65-32-20-14-21-33-65)40-28-41-77(95)66-34-22-15-23-35-66)92-56-69(64-30-18-13-19-31-64)57-93-94(92)101(84)85-55-49-75(103-88-60-72(99(7,8)9)46-52-82(88)83-53-47-73(61-89(83)103)100(10,11)12)63-91(85)105(93)96-78(67-36-24-16-25-37-67)42-29-43-79(96)68-38-26-17-27-39-68/h13-63H,1-12H3. The number of benzene rings is 14. The van der Waals surface area contributed by atoms with Gasteiger partial charge in [-0.15, -0.1) is 0 Å². The van der Waals surface area contributed by atoms with Crippen LogP contribution in [0.25, 0.3) is 111 Å². The van der Waals surface area contributed by atoms with Crippen molar-refractivity contribution >= 4 is 101 Å². The second kappa shape index (κ2) is 24.5. The maximum Gasteiger partial charge on any atom is 0.252 e. The van der Waals surface area contributed by atoms with Gasteiger partial charge in [-0.1, -0.05) is 332 Å². The summed E-state index contributed by atoms with van der Waals surface area (Å²) < 4.78 is 5.18. The van der Waals surface area contributed by atoms with Crippen LogP contribution in [0.1, 0.15) is 105 Å². The molecule has 105 heavy (non-hydrogen) atoms. The Labute approximate surface area is 619 Å². The van der Waals surface area contributed by atoms with Gasteiger partial charge in [-0.3, -0.25) is 0 Å². The van der Waals surface area contributed by atoms with Crippen molar-refractivity contribution in [3.63, 3.8) is 0 Å². The number of rotatable bonds is 9. The lowest BCUT2D eigenvalue weighted by molar-refractivity contribution is 0.590. The predicted molar refractivity (Wildman–Crippen MR) is 451 cm³/mol. The molecule has 0 N–H and O–H groups in total. The summed E-state index contributed by atoms with van der Waals surface area (Å²) in [7, 11) is 0. The Morgan fingerprint density at radius 2 is 0.505 bits per heavy atom. The molecule has 16 aromatic rings. The van der Waals surface area contributed by atoms with Gasteiger partial charge in [0.1, 0.15) is 0 Å². The lowest BCUT2D eigenvalue weighted by atomic mass is 9.33. The van der Waals surface area contributed by atoms with Crippen molar-refractivity contribution in [1.29, 1.82) is 0 Å². The molecule has 0 aliphatic carbocycles. The number of hydrogen-bond acceptors (Lipinski definition) is 2. The van der Waals surface area contributed by atoms with Crippen molar-refractivity contribution in [2.45, 2.75) is 105 Å². The summed E-state index contributed by atoms with van der Waals surface area (Å²) in [5, 5.41) is 4.97. The maximum atomic E-state index is 2.71. The highest BCUT2D eigenvalue weighted by molar-refractivity contribution is 7.00. The number of para-hydroxylation sites is 2. The lowest BCUT2D eigenvalue weighted by Gasteiger charge is -2.46. The first-order chi connectivity index (χ1) is 50.6. The largest absolute Gasteiger partial charge is 0.310 e. The third kappa shape index (κ3) is 11.0. The summed E-state index contributed by atoms with van der Waals surface area (Å²) in [6.07, 6.45) is 0. The van der Waals surface area contributed by atoms with E-state index in [0.29, 0.717) is 0 Å². The summed E-state index contributed by atoms with van der Waals surface area (Å²) in [6.45, 7) is 27.8. The molecule has 0 saturated carbocycles. The Morgan fingerprint density at radius 3 is 0.781 bits per heavy atom. The van der Waals surface area contributed by atoms with Crippen molar-refractivity contribution in [2.24, 2.45) is 0 Å². The second-order valence-corrected chi connectivity index (χ2v) is 33.4. The van der Waals surface area contributed by atoms with Gasteiger partial charge in [0.25, 0.3) is 6.71 Å². The molecule has 14 aromatic carbocycles. The first-order valence-electron chi connectivity index (χ1n) is 37.4. The van der Waals surface area contributed by atoms with E-state index >= 15 is 0 Å². The van der Waals surface area contributed by atoms with E-state index in [2.05, 4.69) is 411 Å². The number of anilines is 6. The van der Waals surface area contributed by atoms with Crippen LogP contribution in [0.3, 0.4) is 0 Å². The van der Waals surface area contributed by atoms with Crippen molar-refractivity contribution in [3.05, 3.63) is 332 Å². The van der Waals surface area contributed by atoms with Gasteiger partial charge < -0.3 is 18.9 Å². The van der Waals surface area contributed by atoms with Gasteiger partial charge in [-0.05, 0) is 154 Å². The zero-order chi connectivity index (χ0) is 72.0. The van der Waals surface area contributed by atoms with E-state index in [9.17, 15) is 0 Å². The van der Waals surface area contributed by atoms with Crippen LogP contribution in [-0.4, -0.2) is 15.8 Å². The van der Waals surface area contributed by atoms with E-state index in [1.54, 1.807) is 0 Å². The normalized spacial score (nSPS) is 13.1. The summed E-state index contributed by atoms with van der Waals surface area (Å²) in [4.78, 5) is 5.41. The molecule has 0 atom stereocenters. The fourth-order valence-corrected chi connectivity index (χ4v) is 17.0. The van der Waals surface area contributed by atoms with Crippen LogP contribution in [0.4, 0.5) is 34.1 Å². The highest BCUT2D eigenvalue weighted by atomic mass is 15.2. The molecule has 4 nitrogen and oxygen atoms in total. The fourth-order valence-electron chi connectivity index (χ4n) is 17.0. The molecule has 0 saturated heterocycles. The number of fused-ring (bicyclic) bond motifs is 10.